The van der Waals surface area contributed by atoms with E-state index in [1.807, 2.05) is 0 Å². The van der Waals surface area contributed by atoms with Crippen LogP contribution in [0.25, 0.3) is 0 Å². The fraction of sp³-hybridized carbons (Fsp3) is 0.571. The molecule has 0 atom stereocenters. The lowest BCUT2D eigenvalue weighted by atomic mass is 9.83. The first-order chi connectivity index (χ1) is 7.52. The first kappa shape index (κ1) is 11.5. The van der Waals surface area contributed by atoms with Gasteiger partial charge in [-0.25, -0.2) is 0 Å². The van der Waals surface area contributed by atoms with Gasteiger partial charge >= 0.3 is 0 Å². The summed E-state index contributed by atoms with van der Waals surface area (Å²) in [6.07, 6.45) is 0. The highest BCUT2D eigenvalue weighted by atomic mass is 16.5. The molecule has 0 radical (unpaired) electrons. The van der Waals surface area contributed by atoms with E-state index < -0.39 is 0 Å². The van der Waals surface area contributed by atoms with Crippen molar-refractivity contribution in [3.05, 3.63) is 29.3 Å². The zero-order chi connectivity index (χ0) is 11.8. The fourth-order valence-electron chi connectivity index (χ4n) is 2.03. The lowest BCUT2D eigenvalue weighted by Crippen LogP contribution is -2.40. The molecule has 0 aromatic heterocycles. The molecule has 88 valence electrons. The van der Waals surface area contributed by atoms with Crippen molar-refractivity contribution in [1.29, 1.82) is 0 Å². The van der Waals surface area contributed by atoms with Crippen molar-refractivity contribution in [3.63, 3.8) is 0 Å². The van der Waals surface area contributed by atoms with Gasteiger partial charge in [0.05, 0.1) is 7.11 Å². The van der Waals surface area contributed by atoms with Gasteiger partial charge in [-0.05, 0) is 17.0 Å². The van der Waals surface area contributed by atoms with E-state index in [-0.39, 0.29) is 5.41 Å². The summed E-state index contributed by atoms with van der Waals surface area (Å²) in [6.45, 7) is 8.89. The summed E-state index contributed by atoms with van der Waals surface area (Å²) in [5.41, 5.74) is 2.95. The molecule has 1 heterocycles. The van der Waals surface area contributed by atoms with Crippen LogP contribution in [-0.4, -0.2) is 20.2 Å². The van der Waals surface area contributed by atoms with E-state index in [1.54, 1.807) is 7.11 Å². The van der Waals surface area contributed by atoms with Crippen LogP contribution in [0.4, 0.5) is 0 Å². The Morgan fingerprint density at radius 2 is 1.94 bits per heavy atom. The summed E-state index contributed by atoms with van der Waals surface area (Å²) in [5.74, 6) is 1.65. The van der Waals surface area contributed by atoms with Gasteiger partial charge in [-0.3, -0.25) is 0 Å². The fourth-order valence-corrected chi connectivity index (χ4v) is 2.03. The van der Waals surface area contributed by atoms with E-state index in [0.29, 0.717) is 5.92 Å². The molecule has 16 heavy (non-hydrogen) atoms. The predicted molar refractivity (Wildman–Crippen MR) is 67.3 cm³/mol. The molecular weight excluding hydrogens is 198 g/mol. The minimum Gasteiger partial charge on any atom is -0.496 e. The smallest absolute Gasteiger partial charge is 0.122 e. The van der Waals surface area contributed by atoms with Crippen LogP contribution < -0.4 is 10.1 Å². The average Bonchev–Trinajstić information content (AvgIpc) is 2.13. The quantitative estimate of drug-likeness (QED) is 0.825. The summed E-state index contributed by atoms with van der Waals surface area (Å²) in [5, 5.41) is 3.31. The summed E-state index contributed by atoms with van der Waals surface area (Å²) < 4.78 is 5.44. The Morgan fingerprint density at radius 1 is 1.25 bits per heavy atom. The number of hydrogen-bond acceptors (Lipinski definition) is 2. The van der Waals surface area contributed by atoms with Crippen LogP contribution >= 0.6 is 0 Å². The van der Waals surface area contributed by atoms with Crippen LogP contribution in [0.15, 0.2) is 18.2 Å². The van der Waals surface area contributed by atoms with E-state index in [4.69, 9.17) is 4.74 Å². The zero-order valence-electron chi connectivity index (χ0n) is 10.6. The molecule has 1 aromatic rings. The topological polar surface area (TPSA) is 21.3 Å². The maximum Gasteiger partial charge on any atom is 0.122 e. The molecule has 2 rings (SSSR count). The van der Waals surface area contributed by atoms with E-state index in [9.17, 15) is 0 Å². The molecule has 1 saturated heterocycles. The van der Waals surface area contributed by atoms with E-state index in [2.05, 4.69) is 44.3 Å². The first-order valence-electron chi connectivity index (χ1n) is 5.91. The van der Waals surface area contributed by atoms with Gasteiger partial charge in [0.15, 0.2) is 0 Å². The maximum atomic E-state index is 5.44. The SMILES string of the molecule is COc1ccc(C(C)(C)C)cc1C1CNC1. The molecule has 0 amide bonds. The second-order valence-electron chi connectivity index (χ2n) is 5.56. The molecular formula is C14H21NO. The summed E-state index contributed by atoms with van der Waals surface area (Å²) in [7, 11) is 1.75. The van der Waals surface area contributed by atoms with Crippen LogP contribution in [0, 0.1) is 0 Å². The highest BCUT2D eigenvalue weighted by Crippen LogP contribution is 2.33. The van der Waals surface area contributed by atoms with Crippen LogP contribution in [0.1, 0.15) is 37.8 Å². The Hall–Kier alpha value is -1.02. The highest BCUT2D eigenvalue weighted by Gasteiger charge is 2.24. The third-order valence-corrected chi connectivity index (χ3v) is 3.32. The molecule has 1 N–H and O–H groups in total. The third-order valence-electron chi connectivity index (χ3n) is 3.32. The van der Waals surface area contributed by atoms with Crippen LogP contribution in [0.5, 0.6) is 5.75 Å². The Kier molecular flexibility index (Phi) is 2.94. The van der Waals surface area contributed by atoms with E-state index in [1.165, 1.54) is 11.1 Å². The second kappa shape index (κ2) is 4.10. The number of benzene rings is 1. The van der Waals surface area contributed by atoms with Crippen LogP contribution in [0.3, 0.4) is 0 Å². The Morgan fingerprint density at radius 3 is 2.38 bits per heavy atom. The molecule has 0 spiro atoms. The van der Waals surface area contributed by atoms with Gasteiger partial charge in [0.25, 0.3) is 0 Å². The van der Waals surface area contributed by atoms with E-state index in [0.717, 1.165) is 18.8 Å². The minimum absolute atomic E-state index is 0.207. The maximum absolute atomic E-state index is 5.44. The summed E-state index contributed by atoms with van der Waals surface area (Å²) in [6, 6.07) is 6.59. The molecule has 0 unspecified atom stereocenters. The Bertz CT molecular complexity index is 375. The van der Waals surface area contributed by atoms with Crippen molar-refractivity contribution >= 4 is 0 Å². The van der Waals surface area contributed by atoms with Gasteiger partial charge in [0.2, 0.25) is 0 Å². The number of methoxy groups -OCH3 is 1. The number of nitrogens with one attached hydrogen (secondary N) is 1. The molecule has 1 fully saturated rings. The van der Waals surface area contributed by atoms with Crippen molar-refractivity contribution < 1.29 is 4.74 Å². The Labute approximate surface area is 98.0 Å². The van der Waals surface area contributed by atoms with Gasteiger partial charge in [0, 0.05) is 24.6 Å². The van der Waals surface area contributed by atoms with Crippen molar-refractivity contribution in [2.45, 2.75) is 32.1 Å². The molecule has 0 saturated carbocycles. The standard InChI is InChI=1S/C14H21NO/c1-14(2,3)11-5-6-13(16-4)12(7-11)10-8-15-9-10/h5-7,10,15H,8-9H2,1-4H3. The van der Waals surface area contributed by atoms with Gasteiger partial charge in [-0.15, -0.1) is 0 Å². The largest absolute Gasteiger partial charge is 0.496 e. The number of hydrogen-bond donors (Lipinski definition) is 1. The number of rotatable bonds is 2. The van der Waals surface area contributed by atoms with Crippen molar-refractivity contribution in [2.75, 3.05) is 20.2 Å². The van der Waals surface area contributed by atoms with Crippen molar-refractivity contribution in [3.8, 4) is 5.75 Å². The highest BCUT2D eigenvalue weighted by molar-refractivity contribution is 5.43. The zero-order valence-corrected chi connectivity index (χ0v) is 10.6. The molecule has 1 aliphatic rings. The Balaban J connectivity index is 2.38. The normalized spacial score (nSPS) is 17.0. The van der Waals surface area contributed by atoms with Gasteiger partial charge in [-0.2, -0.15) is 0 Å². The summed E-state index contributed by atoms with van der Waals surface area (Å²) >= 11 is 0. The molecule has 1 aliphatic heterocycles. The van der Waals surface area contributed by atoms with Crippen LogP contribution in [0.2, 0.25) is 0 Å². The first-order valence-corrected chi connectivity index (χ1v) is 5.91. The average molecular weight is 219 g/mol. The minimum atomic E-state index is 0.207. The molecule has 2 heteroatoms. The lowest BCUT2D eigenvalue weighted by molar-refractivity contribution is 0.384. The third kappa shape index (κ3) is 2.07. The molecule has 2 nitrogen and oxygen atoms in total. The molecule has 0 bridgehead atoms. The van der Waals surface area contributed by atoms with Gasteiger partial charge in [-0.1, -0.05) is 32.9 Å². The van der Waals surface area contributed by atoms with Crippen molar-refractivity contribution in [1.82, 2.24) is 5.32 Å². The lowest BCUT2D eigenvalue weighted by Gasteiger charge is -2.30. The van der Waals surface area contributed by atoms with E-state index >= 15 is 0 Å². The molecule has 1 aromatic carbocycles. The monoisotopic (exact) mass is 219 g/mol. The number of ether oxygens (including phenoxy) is 1. The van der Waals surface area contributed by atoms with Crippen molar-refractivity contribution in [2.24, 2.45) is 0 Å². The second-order valence-corrected chi connectivity index (χ2v) is 5.56. The molecule has 0 aliphatic carbocycles. The summed E-state index contributed by atoms with van der Waals surface area (Å²) in [4.78, 5) is 0. The predicted octanol–water partition coefficient (Wildman–Crippen LogP) is 2.68. The van der Waals surface area contributed by atoms with Gasteiger partial charge < -0.3 is 10.1 Å². The van der Waals surface area contributed by atoms with Gasteiger partial charge in [0.1, 0.15) is 5.75 Å². The van der Waals surface area contributed by atoms with Crippen LogP contribution in [-0.2, 0) is 5.41 Å².